The van der Waals surface area contributed by atoms with Crippen LogP contribution < -0.4 is 23.0 Å². The van der Waals surface area contributed by atoms with Gasteiger partial charge in [0, 0.05) is 12.8 Å². The van der Waals surface area contributed by atoms with Crippen molar-refractivity contribution in [3.05, 3.63) is 0 Å². The molecule has 1 saturated carbocycles. The molecule has 0 aromatic carbocycles. The molecule has 0 atom stereocenters. The maximum atomic E-state index is 5.13. The molecular weight excluding hydrogens is 192 g/mol. The van der Waals surface area contributed by atoms with Crippen LogP contribution in [0.2, 0.25) is 0 Å². The second-order valence-corrected chi connectivity index (χ2v) is 4.17. The van der Waals surface area contributed by atoms with Gasteiger partial charge in [0.05, 0.1) is 0 Å². The zero-order chi connectivity index (χ0) is 7.73. The second kappa shape index (κ2) is 3.90. The number of nitrogens with two attached hydrogens (primary N) is 1. The van der Waals surface area contributed by atoms with Crippen LogP contribution in [0.4, 0.5) is 0 Å². The molecule has 2 rings (SSSR count). The summed E-state index contributed by atoms with van der Waals surface area (Å²) in [6, 6.07) is 0. The second-order valence-electron chi connectivity index (χ2n) is 3.67. The minimum Gasteiger partial charge on any atom is -1.00 e. The van der Waals surface area contributed by atoms with Crippen molar-refractivity contribution in [2.45, 2.75) is 37.8 Å². The molecule has 0 amide bonds. The van der Waals surface area contributed by atoms with Crippen molar-refractivity contribution in [2.75, 3.05) is 6.54 Å². The highest BCUT2D eigenvalue weighted by atomic mass is 35.5. The van der Waals surface area contributed by atoms with E-state index in [1.807, 2.05) is 0 Å². The van der Waals surface area contributed by atoms with Crippen LogP contribution in [0.3, 0.4) is 0 Å². The summed E-state index contributed by atoms with van der Waals surface area (Å²) in [4.78, 5) is 1.05. The number of quaternary nitrogens is 1. The summed E-state index contributed by atoms with van der Waals surface area (Å²) >= 11 is 5.13. The molecule has 0 radical (unpaired) electrons. The fourth-order valence-electron chi connectivity index (χ4n) is 2.18. The predicted molar refractivity (Wildman–Crippen MR) is 48.3 cm³/mol. The molecule has 1 aliphatic heterocycles. The Kier molecular flexibility index (Phi) is 3.32. The fraction of sp³-hybridized carbons (Fsp3) is 0.875. The Labute approximate surface area is 84.9 Å². The highest BCUT2D eigenvalue weighted by molar-refractivity contribution is 7.80. The molecule has 3 N–H and O–H groups in total. The van der Waals surface area contributed by atoms with E-state index in [4.69, 9.17) is 12.2 Å². The van der Waals surface area contributed by atoms with E-state index >= 15 is 0 Å². The number of thiocarbonyl (C=S) groups is 1. The average molecular weight is 207 g/mol. The molecule has 4 heteroatoms. The zero-order valence-electron chi connectivity index (χ0n) is 7.11. The van der Waals surface area contributed by atoms with E-state index in [2.05, 4.69) is 10.6 Å². The summed E-state index contributed by atoms with van der Waals surface area (Å²) in [5.74, 6) is 0. The number of hydrogen-bond acceptors (Lipinski definition) is 1. The first-order chi connectivity index (χ1) is 5.31. The molecular formula is C8H15ClN2S. The normalized spacial score (nSPS) is 26.5. The van der Waals surface area contributed by atoms with Crippen LogP contribution in [0, 0.1) is 0 Å². The van der Waals surface area contributed by atoms with Gasteiger partial charge in [-0.15, -0.1) is 0 Å². The van der Waals surface area contributed by atoms with Crippen molar-refractivity contribution in [1.29, 1.82) is 0 Å². The molecule has 2 nitrogen and oxygen atoms in total. The lowest BCUT2D eigenvalue weighted by Crippen LogP contribution is -3.00. The van der Waals surface area contributed by atoms with E-state index in [0.29, 0.717) is 5.66 Å². The van der Waals surface area contributed by atoms with E-state index < -0.39 is 0 Å². The Morgan fingerprint density at radius 3 is 2.42 bits per heavy atom. The van der Waals surface area contributed by atoms with E-state index in [1.54, 1.807) is 0 Å². The SMILES string of the molecule is S=C1C[NH2+]C2(CCCCC2)N1.[Cl-]. The van der Waals surface area contributed by atoms with E-state index in [9.17, 15) is 0 Å². The van der Waals surface area contributed by atoms with Crippen molar-refractivity contribution in [3.8, 4) is 0 Å². The van der Waals surface area contributed by atoms with E-state index in [0.717, 1.165) is 11.5 Å². The van der Waals surface area contributed by atoms with Gasteiger partial charge in [-0.25, -0.2) is 0 Å². The average Bonchev–Trinajstić information content (AvgIpc) is 2.34. The van der Waals surface area contributed by atoms with Gasteiger partial charge >= 0.3 is 0 Å². The fourth-order valence-corrected chi connectivity index (χ4v) is 2.47. The standard InChI is InChI=1S/C8H14N2S.ClH/c11-7-6-9-8(10-7)4-2-1-3-5-8;/h9H,1-6H2,(H,10,11);1H. The molecule has 2 fully saturated rings. The molecule has 0 unspecified atom stereocenters. The molecule has 0 aromatic rings. The Hall–Kier alpha value is 0.140. The third kappa shape index (κ3) is 1.90. The van der Waals surface area contributed by atoms with Gasteiger partial charge in [0.1, 0.15) is 11.5 Å². The molecule has 2 aliphatic rings. The Morgan fingerprint density at radius 1 is 1.25 bits per heavy atom. The smallest absolute Gasteiger partial charge is 0.170 e. The summed E-state index contributed by atoms with van der Waals surface area (Å²) in [7, 11) is 0. The molecule has 0 aromatic heterocycles. The topological polar surface area (TPSA) is 28.6 Å². The highest BCUT2D eigenvalue weighted by Crippen LogP contribution is 2.23. The van der Waals surface area contributed by atoms with Crippen LogP contribution in [0.1, 0.15) is 32.1 Å². The summed E-state index contributed by atoms with van der Waals surface area (Å²) in [5.41, 5.74) is 0.329. The maximum absolute atomic E-state index is 5.13. The van der Waals surface area contributed by atoms with Crippen LogP contribution in [-0.2, 0) is 0 Å². The van der Waals surface area contributed by atoms with Crippen LogP contribution >= 0.6 is 12.2 Å². The third-order valence-electron chi connectivity index (χ3n) is 2.81. The number of nitrogens with one attached hydrogen (secondary N) is 1. The van der Waals surface area contributed by atoms with Crippen LogP contribution in [0.25, 0.3) is 0 Å². The first-order valence-corrected chi connectivity index (χ1v) is 4.87. The maximum Gasteiger partial charge on any atom is 0.170 e. The zero-order valence-corrected chi connectivity index (χ0v) is 8.68. The molecule has 1 saturated heterocycles. The van der Waals surface area contributed by atoms with Gasteiger partial charge in [-0.3, -0.25) is 0 Å². The number of halogens is 1. The van der Waals surface area contributed by atoms with Gasteiger partial charge in [0.25, 0.3) is 0 Å². The number of hydrogen-bond donors (Lipinski definition) is 2. The lowest BCUT2D eigenvalue weighted by molar-refractivity contribution is -0.711. The van der Waals surface area contributed by atoms with Crippen molar-refractivity contribution < 1.29 is 17.7 Å². The minimum atomic E-state index is 0. The lowest BCUT2D eigenvalue weighted by Gasteiger charge is -2.29. The van der Waals surface area contributed by atoms with Crippen molar-refractivity contribution in [1.82, 2.24) is 5.32 Å². The van der Waals surface area contributed by atoms with Gasteiger partial charge in [-0.1, -0.05) is 18.6 Å². The minimum absolute atomic E-state index is 0. The van der Waals surface area contributed by atoms with Gasteiger partial charge in [-0.2, -0.15) is 0 Å². The van der Waals surface area contributed by atoms with Crippen LogP contribution in [0.15, 0.2) is 0 Å². The van der Waals surface area contributed by atoms with Gasteiger partial charge in [-0.05, 0) is 12.8 Å². The van der Waals surface area contributed by atoms with Gasteiger partial charge in [0.15, 0.2) is 5.66 Å². The quantitative estimate of drug-likeness (QED) is 0.418. The molecule has 70 valence electrons. The van der Waals surface area contributed by atoms with E-state index in [1.165, 1.54) is 32.1 Å². The summed E-state index contributed by atoms with van der Waals surface area (Å²) in [5, 5.41) is 5.83. The lowest BCUT2D eigenvalue weighted by atomic mass is 9.90. The summed E-state index contributed by atoms with van der Waals surface area (Å²) in [6.07, 6.45) is 6.74. The van der Waals surface area contributed by atoms with Crippen molar-refractivity contribution >= 4 is 17.2 Å². The molecule has 1 spiro atoms. The largest absolute Gasteiger partial charge is 1.00 e. The molecule has 0 bridgehead atoms. The molecule has 1 heterocycles. The Bertz CT molecular complexity index is 178. The summed E-state index contributed by atoms with van der Waals surface area (Å²) in [6.45, 7) is 1.01. The van der Waals surface area contributed by atoms with Gasteiger partial charge < -0.3 is 23.0 Å². The van der Waals surface area contributed by atoms with Crippen LogP contribution in [-0.4, -0.2) is 17.2 Å². The third-order valence-corrected chi connectivity index (χ3v) is 3.08. The van der Waals surface area contributed by atoms with Crippen molar-refractivity contribution in [3.63, 3.8) is 0 Å². The predicted octanol–water partition coefficient (Wildman–Crippen LogP) is -2.86. The number of rotatable bonds is 0. The van der Waals surface area contributed by atoms with Gasteiger partial charge in [0.2, 0.25) is 0 Å². The highest BCUT2D eigenvalue weighted by Gasteiger charge is 2.40. The Morgan fingerprint density at radius 2 is 1.92 bits per heavy atom. The van der Waals surface area contributed by atoms with Crippen molar-refractivity contribution in [2.24, 2.45) is 0 Å². The molecule has 1 aliphatic carbocycles. The Balaban J connectivity index is 0.000000720. The first-order valence-electron chi connectivity index (χ1n) is 4.46. The summed E-state index contributed by atoms with van der Waals surface area (Å²) < 4.78 is 0. The first kappa shape index (κ1) is 10.2. The molecule has 12 heavy (non-hydrogen) atoms. The monoisotopic (exact) mass is 206 g/mol. The van der Waals surface area contributed by atoms with E-state index in [-0.39, 0.29) is 12.4 Å². The van der Waals surface area contributed by atoms with Crippen LogP contribution in [0.5, 0.6) is 0 Å².